The number of halogens is 1. The van der Waals surface area contributed by atoms with Gasteiger partial charge in [-0.1, -0.05) is 30.9 Å². The van der Waals surface area contributed by atoms with Crippen LogP contribution in [0.15, 0.2) is 77.2 Å². The van der Waals surface area contributed by atoms with Crippen LogP contribution in [-0.2, 0) is 24.1 Å². The summed E-state index contributed by atoms with van der Waals surface area (Å²) in [7, 11) is -1.38. The molecule has 2 N–H and O–H groups in total. The van der Waals surface area contributed by atoms with E-state index < -0.39 is 11.0 Å². The van der Waals surface area contributed by atoms with Gasteiger partial charge in [-0.25, -0.2) is 8.60 Å². The van der Waals surface area contributed by atoms with E-state index in [1.807, 2.05) is 35.2 Å². The third-order valence-electron chi connectivity index (χ3n) is 4.04. The first-order valence-electron chi connectivity index (χ1n) is 9.36. The number of hydrogen-bond acceptors (Lipinski definition) is 4. The molecule has 2 heterocycles. The van der Waals surface area contributed by atoms with Crippen molar-refractivity contribution >= 4 is 38.9 Å². The minimum atomic E-state index is -1.38. The Kier molecular flexibility index (Phi) is 9.66. The fourth-order valence-electron chi connectivity index (χ4n) is 2.52. The van der Waals surface area contributed by atoms with Crippen LogP contribution in [0.1, 0.15) is 18.7 Å². The standard InChI is InChI=1S/C14H15N3O2S2.C8H11F/c1-2-17-12-4-3-11(7-10(12)8-15-17)16-21(19)14-5-6-20-13(14)9-18;1-3-4-5-6-8(2)7-9/h3-8,16,18H,2,9H2,1H3;3-6H,1,7H2,2H3/b;5-4-,8-6+. The molecule has 0 spiro atoms. The zero-order valence-electron chi connectivity index (χ0n) is 17.0. The highest BCUT2D eigenvalue weighted by Gasteiger charge is 2.11. The summed E-state index contributed by atoms with van der Waals surface area (Å²) in [5.41, 5.74) is 2.56. The lowest BCUT2D eigenvalue weighted by Gasteiger charge is -2.07. The van der Waals surface area contributed by atoms with Gasteiger partial charge in [0.15, 0.2) is 11.0 Å². The van der Waals surface area contributed by atoms with Crippen LogP contribution in [0.3, 0.4) is 0 Å². The van der Waals surface area contributed by atoms with Crippen LogP contribution in [0.25, 0.3) is 10.9 Å². The average Bonchev–Trinajstić information content (AvgIpc) is 3.40. The summed E-state index contributed by atoms with van der Waals surface area (Å²) in [6.45, 7) is 7.61. The Balaban J connectivity index is 0.000000303. The number of hydrogen-bond donors (Lipinski definition) is 2. The number of aryl methyl sites for hydroxylation is 1. The molecule has 2 aromatic heterocycles. The van der Waals surface area contributed by atoms with E-state index in [1.165, 1.54) is 11.3 Å². The minimum Gasteiger partial charge on any atom is -0.391 e. The number of rotatable bonds is 8. The van der Waals surface area contributed by atoms with Crippen molar-refractivity contribution < 1.29 is 13.7 Å². The Morgan fingerprint density at radius 1 is 1.40 bits per heavy atom. The summed E-state index contributed by atoms with van der Waals surface area (Å²) in [4.78, 5) is 1.35. The molecule has 3 aromatic rings. The van der Waals surface area contributed by atoms with Gasteiger partial charge < -0.3 is 9.83 Å². The van der Waals surface area contributed by atoms with Gasteiger partial charge in [-0.15, -0.1) is 11.3 Å². The Hall–Kier alpha value is -2.55. The van der Waals surface area contributed by atoms with Crippen LogP contribution < -0.4 is 4.72 Å². The first-order chi connectivity index (χ1) is 14.5. The number of nitrogens with one attached hydrogen (secondary N) is 1. The van der Waals surface area contributed by atoms with Crippen LogP contribution in [0.5, 0.6) is 0 Å². The van der Waals surface area contributed by atoms with Gasteiger partial charge in [0.1, 0.15) is 6.67 Å². The highest BCUT2D eigenvalue weighted by molar-refractivity contribution is 7.86. The summed E-state index contributed by atoms with van der Waals surface area (Å²) >= 11 is 1.40. The average molecular weight is 448 g/mol. The molecule has 0 aliphatic rings. The van der Waals surface area contributed by atoms with Crippen LogP contribution >= 0.6 is 11.3 Å². The van der Waals surface area contributed by atoms with Gasteiger partial charge in [0.05, 0.1) is 23.2 Å². The molecule has 1 unspecified atom stereocenters. The first kappa shape index (κ1) is 23.7. The number of fused-ring (bicyclic) bond motifs is 1. The minimum absolute atomic E-state index is 0.0945. The molecule has 1 atom stereocenters. The normalized spacial score (nSPS) is 12.6. The first-order valence-corrected chi connectivity index (χ1v) is 11.4. The molecule has 0 saturated heterocycles. The molecule has 0 saturated carbocycles. The van der Waals surface area contributed by atoms with Crippen LogP contribution in [0.4, 0.5) is 10.1 Å². The van der Waals surface area contributed by atoms with Crippen molar-refractivity contribution in [2.24, 2.45) is 0 Å². The van der Waals surface area contributed by atoms with E-state index in [0.29, 0.717) is 4.90 Å². The summed E-state index contributed by atoms with van der Waals surface area (Å²) in [5, 5.41) is 16.4. The largest absolute Gasteiger partial charge is 0.391 e. The lowest BCUT2D eigenvalue weighted by Crippen LogP contribution is -2.05. The van der Waals surface area contributed by atoms with Gasteiger partial charge in [0.25, 0.3) is 0 Å². The molecule has 0 bridgehead atoms. The van der Waals surface area contributed by atoms with Crippen LogP contribution in [-0.4, -0.2) is 25.8 Å². The monoisotopic (exact) mass is 447 g/mol. The molecule has 0 fully saturated rings. The predicted octanol–water partition coefficient (Wildman–Crippen LogP) is 5.39. The van der Waals surface area contributed by atoms with Gasteiger partial charge in [0, 0.05) is 22.5 Å². The van der Waals surface area contributed by atoms with Gasteiger partial charge >= 0.3 is 0 Å². The number of benzene rings is 1. The second-order valence-corrected chi connectivity index (χ2v) is 8.42. The van der Waals surface area contributed by atoms with E-state index in [9.17, 15) is 13.7 Å². The maximum atomic E-state index is 12.3. The molecular weight excluding hydrogens is 421 g/mol. The molecule has 1 aromatic carbocycles. The van der Waals surface area contributed by atoms with Crippen molar-refractivity contribution in [3.63, 3.8) is 0 Å². The third kappa shape index (κ3) is 6.48. The smallest absolute Gasteiger partial charge is 0.151 e. The van der Waals surface area contributed by atoms with Crippen molar-refractivity contribution in [1.29, 1.82) is 0 Å². The molecule has 5 nitrogen and oxygen atoms in total. The van der Waals surface area contributed by atoms with Gasteiger partial charge in [-0.05, 0) is 49.1 Å². The second-order valence-electron chi connectivity index (χ2n) is 6.24. The molecule has 0 radical (unpaired) electrons. The Labute approximate surface area is 182 Å². The number of allylic oxidation sites excluding steroid dienone is 5. The highest BCUT2D eigenvalue weighted by Crippen LogP contribution is 2.24. The second kappa shape index (κ2) is 12.2. The van der Waals surface area contributed by atoms with E-state index in [1.54, 1.807) is 43.5 Å². The fraction of sp³-hybridized carbons (Fsp3) is 0.227. The number of aliphatic hydroxyl groups is 1. The number of nitrogens with zero attached hydrogens (tertiary/aromatic N) is 2. The lowest BCUT2D eigenvalue weighted by molar-refractivity contribution is 0.283. The Morgan fingerprint density at radius 2 is 2.20 bits per heavy atom. The molecule has 0 amide bonds. The van der Waals surface area contributed by atoms with Crippen molar-refractivity contribution in [3.05, 3.63) is 77.2 Å². The number of anilines is 1. The number of aromatic nitrogens is 2. The van der Waals surface area contributed by atoms with E-state index in [2.05, 4.69) is 16.4 Å². The number of aliphatic hydroxyl groups excluding tert-OH is 1. The summed E-state index contributed by atoms with van der Waals surface area (Å²) in [6.07, 6.45) is 8.71. The maximum Gasteiger partial charge on any atom is 0.151 e. The van der Waals surface area contributed by atoms with Crippen molar-refractivity contribution in [1.82, 2.24) is 9.78 Å². The maximum absolute atomic E-state index is 12.3. The van der Waals surface area contributed by atoms with Gasteiger partial charge in [0.2, 0.25) is 0 Å². The van der Waals surface area contributed by atoms with Gasteiger partial charge in [-0.3, -0.25) is 4.68 Å². The van der Waals surface area contributed by atoms with Crippen LogP contribution in [0, 0.1) is 0 Å². The van der Waals surface area contributed by atoms with Crippen molar-refractivity contribution in [2.45, 2.75) is 31.9 Å². The van der Waals surface area contributed by atoms with E-state index in [-0.39, 0.29) is 13.3 Å². The quantitative estimate of drug-likeness (QED) is 0.455. The number of alkyl halides is 1. The zero-order valence-corrected chi connectivity index (χ0v) is 18.7. The van der Waals surface area contributed by atoms with Crippen LogP contribution in [0.2, 0.25) is 0 Å². The van der Waals surface area contributed by atoms with Gasteiger partial charge in [-0.2, -0.15) is 5.10 Å². The fourth-order valence-corrected chi connectivity index (χ4v) is 4.52. The Morgan fingerprint density at radius 3 is 2.87 bits per heavy atom. The summed E-state index contributed by atoms with van der Waals surface area (Å²) in [6, 6.07) is 7.55. The van der Waals surface area contributed by atoms with E-state index in [4.69, 9.17) is 0 Å². The topological polar surface area (TPSA) is 67.2 Å². The van der Waals surface area contributed by atoms with Crippen molar-refractivity contribution in [3.8, 4) is 0 Å². The summed E-state index contributed by atoms with van der Waals surface area (Å²) in [5.74, 6) is 0. The number of thiophene rings is 1. The molecule has 0 aliphatic carbocycles. The molecule has 8 heteroatoms. The molecule has 3 rings (SSSR count). The van der Waals surface area contributed by atoms with Crippen molar-refractivity contribution in [2.75, 3.05) is 11.4 Å². The van der Waals surface area contributed by atoms with E-state index in [0.717, 1.165) is 33.6 Å². The predicted molar refractivity (Wildman–Crippen MR) is 125 cm³/mol. The zero-order chi connectivity index (χ0) is 21.9. The van der Waals surface area contributed by atoms with E-state index >= 15 is 0 Å². The molecule has 30 heavy (non-hydrogen) atoms. The third-order valence-corrected chi connectivity index (χ3v) is 6.28. The summed E-state index contributed by atoms with van der Waals surface area (Å²) < 4.78 is 28.9. The highest BCUT2D eigenvalue weighted by atomic mass is 32.2. The SMILES string of the molecule is C=C/C=C\C=C(/C)CF.CCn1ncc2cc(NS(=O)c3ccsc3CO)ccc21. The molecule has 160 valence electrons. The lowest BCUT2D eigenvalue weighted by atomic mass is 10.2. The Bertz CT molecular complexity index is 1050. The molecular formula is C22H26FN3O2S2. The molecule has 0 aliphatic heterocycles.